The molecule has 0 N–H and O–H groups in total. The summed E-state index contributed by atoms with van der Waals surface area (Å²) in [5.74, 6) is 1.04. The van der Waals surface area contributed by atoms with Gasteiger partial charge in [-0.05, 0) is 48.5 Å². The molecule has 1 aliphatic rings. The van der Waals surface area contributed by atoms with Crippen molar-refractivity contribution in [1.29, 1.82) is 0 Å². The molecule has 0 spiro atoms. The smallest absolute Gasteiger partial charge is 0.275 e. The summed E-state index contributed by atoms with van der Waals surface area (Å²) in [5, 5.41) is 6.63. The molecule has 0 radical (unpaired) electrons. The maximum absolute atomic E-state index is 12.2. The zero-order valence-corrected chi connectivity index (χ0v) is 14.6. The SMILES string of the molecule is O=C(c1csnn1)N1CCC(COc2cc(Cl)cc(Cl)c2)CC1. The van der Waals surface area contributed by atoms with E-state index in [4.69, 9.17) is 27.9 Å². The number of carbonyl (C=O) groups is 1. The Kier molecular flexibility index (Phi) is 5.35. The molecule has 1 aromatic carbocycles. The van der Waals surface area contributed by atoms with Crippen LogP contribution in [0.2, 0.25) is 10.0 Å². The number of aromatic nitrogens is 2. The second-order valence-corrected chi connectivity index (χ2v) is 6.92. The van der Waals surface area contributed by atoms with Gasteiger partial charge in [0.1, 0.15) is 5.75 Å². The van der Waals surface area contributed by atoms with E-state index in [1.165, 1.54) is 11.5 Å². The van der Waals surface area contributed by atoms with Gasteiger partial charge in [-0.25, -0.2) is 0 Å². The van der Waals surface area contributed by atoms with Gasteiger partial charge in [0, 0.05) is 28.5 Å². The summed E-state index contributed by atoms with van der Waals surface area (Å²) < 4.78 is 9.51. The lowest BCUT2D eigenvalue weighted by Gasteiger charge is -2.31. The first-order chi connectivity index (χ1) is 11.1. The van der Waals surface area contributed by atoms with E-state index in [9.17, 15) is 4.79 Å². The van der Waals surface area contributed by atoms with Crippen LogP contribution in [0.4, 0.5) is 0 Å². The molecular weight excluding hydrogens is 357 g/mol. The van der Waals surface area contributed by atoms with Crippen molar-refractivity contribution in [2.75, 3.05) is 19.7 Å². The second-order valence-electron chi connectivity index (χ2n) is 5.44. The van der Waals surface area contributed by atoms with Crippen LogP contribution in [0.5, 0.6) is 5.75 Å². The van der Waals surface area contributed by atoms with Gasteiger partial charge in [0.15, 0.2) is 5.69 Å². The summed E-state index contributed by atoms with van der Waals surface area (Å²) in [6.45, 7) is 2.01. The van der Waals surface area contributed by atoms with E-state index in [2.05, 4.69) is 9.59 Å². The van der Waals surface area contributed by atoms with Gasteiger partial charge in [0.25, 0.3) is 5.91 Å². The monoisotopic (exact) mass is 371 g/mol. The molecule has 0 bridgehead atoms. The molecule has 2 heterocycles. The van der Waals surface area contributed by atoms with Crippen LogP contribution < -0.4 is 4.74 Å². The summed E-state index contributed by atoms with van der Waals surface area (Å²) in [5.41, 5.74) is 0.429. The van der Waals surface area contributed by atoms with Gasteiger partial charge in [0.05, 0.1) is 6.61 Å². The number of carbonyl (C=O) groups excluding carboxylic acids is 1. The van der Waals surface area contributed by atoms with Gasteiger partial charge >= 0.3 is 0 Å². The van der Waals surface area contributed by atoms with E-state index in [0.717, 1.165) is 12.8 Å². The first-order valence-electron chi connectivity index (χ1n) is 7.27. The van der Waals surface area contributed by atoms with Crippen molar-refractivity contribution in [3.63, 3.8) is 0 Å². The van der Waals surface area contributed by atoms with Gasteiger partial charge in [-0.1, -0.05) is 27.7 Å². The van der Waals surface area contributed by atoms with E-state index in [1.807, 2.05) is 4.90 Å². The van der Waals surface area contributed by atoms with Crippen molar-refractivity contribution in [2.45, 2.75) is 12.8 Å². The maximum atomic E-state index is 12.2. The number of hydrogen-bond donors (Lipinski definition) is 0. The van der Waals surface area contributed by atoms with Gasteiger partial charge in [0.2, 0.25) is 0 Å². The Morgan fingerprint density at radius 3 is 2.57 bits per heavy atom. The lowest BCUT2D eigenvalue weighted by Crippen LogP contribution is -2.39. The minimum atomic E-state index is -0.0419. The fourth-order valence-electron chi connectivity index (χ4n) is 2.55. The molecule has 5 nitrogen and oxygen atoms in total. The lowest BCUT2D eigenvalue weighted by atomic mass is 9.97. The molecule has 0 aliphatic carbocycles. The molecule has 1 saturated heterocycles. The number of amides is 1. The summed E-state index contributed by atoms with van der Waals surface area (Å²) in [6, 6.07) is 5.18. The van der Waals surface area contributed by atoms with Gasteiger partial charge in [-0.2, -0.15) is 0 Å². The highest BCUT2D eigenvalue weighted by Crippen LogP contribution is 2.26. The first-order valence-corrected chi connectivity index (χ1v) is 8.86. The van der Waals surface area contributed by atoms with E-state index in [0.29, 0.717) is 47.1 Å². The van der Waals surface area contributed by atoms with Crippen LogP contribution in [-0.4, -0.2) is 40.1 Å². The van der Waals surface area contributed by atoms with Gasteiger partial charge < -0.3 is 9.64 Å². The van der Waals surface area contributed by atoms with E-state index >= 15 is 0 Å². The van der Waals surface area contributed by atoms with Gasteiger partial charge in [-0.3, -0.25) is 4.79 Å². The van der Waals surface area contributed by atoms with Crippen LogP contribution in [0.25, 0.3) is 0 Å². The standard InChI is InChI=1S/C15H15Cl2N3O2S/c16-11-5-12(17)7-13(6-11)22-8-10-1-3-20(4-2-10)15(21)14-9-23-19-18-14/h5-7,9-10H,1-4,8H2. The molecule has 2 aromatic rings. The zero-order chi connectivity index (χ0) is 16.2. The highest BCUT2D eigenvalue weighted by Gasteiger charge is 2.25. The molecule has 122 valence electrons. The van der Waals surface area contributed by atoms with Crippen LogP contribution in [0.1, 0.15) is 23.3 Å². The molecule has 0 atom stereocenters. The van der Waals surface area contributed by atoms with E-state index < -0.39 is 0 Å². The molecule has 23 heavy (non-hydrogen) atoms. The van der Waals surface area contributed by atoms with Crippen LogP contribution in [0.15, 0.2) is 23.6 Å². The van der Waals surface area contributed by atoms with Crippen molar-refractivity contribution >= 4 is 40.6 Å². The van der Waals surface area contributed by atoms with Crippen LogP contribution in [-0.2, 0) is 0 Å². The molecule has 8 heteroatoms. The normalized spacial score (nSPS) is 15.7. The Labute approximate surface area is 148 Å². The molecule has 1 amide bonds. The van der Waals surface area contributed by atoms with Gasteiger partial charge in [-0.15, -0.1) is 5.10 Å². The molecule has 1 aromatic heterocycles. The predicted molar refractivity (Wildman–Crippen MR) is 90.5 cm³/mol. The van der Waals surface area contributed by atoms with Crippen molar-refractivity contribution in [3.8, 4) is 5.75 Å². The highest BCUT2D eigenvalue weighted by molar-refractivity contribution is 7.03. The number of piperidine rings is 1. The Bertz CT molecular complexity index is 653. The highest BCUT2D eigenvalue weighted by atomic mass is 35.5. The largest absolute Gasteiger partial charge is 0.493 e. The lowest BCUT2D eigenvalue weighted by molar-refractivity contribution is 0.0655. The molecule has 1 aliphatic heterocycles. The fourth-order valence-corrected chi connectivity index (χ4v) is 3.48. The van der Waals surface area contributed by atoms with Crippen molar-refractivity contribution in [2.24, 2.45) is 5.92 Å². The third-order valence-electron chi connectivity index (χ3n) is 3.80. The Morgan fingerprint density at radius 2 is 1.96 bits per heavy atom. The minimum absolute atomic E-state index is 0.0419. The molecule has 0 saturated carbocycles. The fraction of sp³-hybridized carbons (Fsp3) is 0.400. The second kappa shape index (κ2) is 7.47. The average Bonchev–Trinajstić information content (AvgIpc) is 3.06. The zero-order valence-electron chi connectivity index (χ0n) is 12.2. The van der Waals surface area contributed by atoms with Crippen LogP contribution >= 0.6 is 34.7 Å². The Morgan fingerprint density at radius 1 is 1.26 bits per heavy atom. The van der Waals surface area contributed by atoms with E-state index in [-0.39, 0.29) is 5.91 Å². The third-order valence-corrected chi connectivity index (χ3v) is 4.74. The van der Waals surface area contributed by atoms with E-state index in [1.54, 1.807) is 23.6 Å². The summed E-state index contributed by atoms with van der Waals surface area (Å²) in [4.78, 5) is 14.0. The number of benzene rings is 1. The summed E-state index contributed by atoms with van der Waals surface area (Å²) in [7, 11) is 0. The number of rotatable bonds is 4. The van der Waals surface area contributed by atoms with Crippen LogP contribution in [0.3, 0.4) is 0 Å². The molecular formula is C15H15Cl2N3O2S. The van der Waals surface area contributed by atoms with Crippen molar-refractivity contribution in [1.82, 2.24) is 14.5 Å². The number of ether oxygens (including phenoxy) is 1. The van der Waals surface area contributed by atoms with Crippen molar-refractivity contribution < 1.29 is 9.53 Å². The Hall–Kier alpha value is -1.37. The number of hydrogen-bond acceptors (Lipinski definition) is 5. The molecule has 3 rings (SSSR count). The first kappa shape index (κ1) is 16.5. The third kappa shape index (κ3) is 4.34. The number of nitrogens with zero attached hydrogens (tertiary/aromatic N) is 3. The Balaban J connectivity index is 1.48. The topological polar surface area (TPSA) is 55.3 Å². The van der Waals surface area contributed by atoms with Crippen molar-refractivity contribution in [3.05, 3.63) is 39.3 Å². The molecule has 1 fully saturated rings. The number of likely N-dealkylation sites (tertiary alicyclic amines) is 1. The minimum Gasteiger partial charge on any atom is -0.493 e. The quantitative estimate of drug-likeness (QED) is 0.820. The predicted octanol–water partition coefficient (Wildman–Crippen LogP) is 3.78. The average molecular weight is 372 g/mol. The van der Waals surface area contributed by atoms with Crippen LogP contribution in [0, 0.1) is 5.92 Å². The summed E-state index contributed by atoms with van der Waals surface area (Å²) in [6.07, 6.45) is 1.80. The number of halogens is 2. The summed E-state index contributed by atoms with van der Waals surface area (Å²) >= 11 is 13.1. The maximum Gasteiger partial charge on any atom is 0.275 e. The molecule has 0 unspecified atom stereocenters.